The molecule has 0 radical (unpaired) electrons. The first-order valence-corrected chi connectivity index (χ1v) is 24.3. The maximum absolute atomic E-state index is 5.06. The number of hydrogen-bond acceptors (Lipinski definition) is 1. The first-order valence-electron chi connectivity index (χ1n) is 24.3. The molecule has 302 valence electrons. The topological polar surface area (TPSA) is 17.8 Å². The number of unbranched alkanes of at least 4 members (excludes halogenated alkanes) is 34. The summed E-state index contributed by atoms with van der Waals surface area (Å²) in [6.45, 7) is 9.42. The molecule has 0 aromatic carbocycles. The minimum absolute atomic E-state index is 0.585. The second-order valence-corrected chi connectivity index (χ2v) is 17.1. The minimum Gasteiger partial charge on any atom is -0.332 e. The third kappa shape index (κ3) is 30.3. The summed E-state index contributed by atoms with van der Waals surface area (Å²) in [5, 5.41) is 0. The lowest BCUT2D eigenvalue weighted by Gasteiger charge is -2.22. The van der Waals surface area contributed by atoms with Crippen molar-refractivity contribution < 1.29 is 0 Å². The van der Waals surface area contributed by atoms with Gasteiger partial charge in [0.1, 0.15) is 5.82 Å². The predicted molar refractivity (Wildman–Crippen MR) is 231 cm³/mol. The van der Waals surface area contributed by atoms with Gasteiger partial charge in [0.2, 0.25) is 0 Å². The lowest BCUT2D eigenvalue weighted by atomic mass is 9.92. The molecule has 2 heteroatoms. The first kappa shape index (κ1) is 48.2. The molecule has 2 atom stereocenters. The normalized spacial score (nSPS) is 12.9. The van der Waals surface area contributed by atoms with Gasteiger partial charge in [0.05, 0.1) is 0 Å². The average Bonchev–Trinajstić information content (AvgIpc) is 3.63. The molecule has 1 aromatic heterocycles. The lowest BCUT2D eigenvalue weighted by molar-refractivity contribution is 0.412. The monoisotopic (exact) mass is 713 g/mol. The molecule has 0 aliphatic rings. The van der Waals surface area contributed by atoms with Crippen molar-refractivity contribution >= 4 is 0 Å². The Balaban J connectivity index is 2.33. The van der Waals surface area contributed by atoms with Gasteiger partial charge < -0.3 is 4.57 Å². The van der Waals surface area contributed by atoms with Gasteiger partial charge in [-0.25, -0.2) is 4.98 Å². The van der Waals surface area contributed by atoms with Gasteiger partial charge in [-0.05, 0) is 26.2 Å². The highest BCUT2D eigenvalue weighted by atomic mass is 15.1. The van der Waals surface area contributed by atoms with Crippen LogP contribution < -0.4 is 0 Å². The Labute approximate surface area is 323 Å². The summed E-state index contributed by atoms with van der Waals surface area (Å²) in [6.07, 6.45) is 61.6. The van der Waals surface area contributed by atoms with E-state index in [-0.39, 0.29) is 0 Å². The van der Waals surface area contributed by atoms with Crippen molar-refractivity contribution in [1.82, 2.24) is 9.55 Å². The van der Waals surface area contributed by atoms with Gasteiger partial charge in [0.25, 0.3) is 0 Å². The van der Waals surface area contributed by atoms with Crippen molar-refractivity contribution in [2.24, 2.45) is 0 Å². The van der Waals surface area contributed by atoms with Crippen LogP contribution in [0.5, 0.6) is 0 Å². The third-order valence-electron chi connectivity index (χ3n) is 12.1. The Hall–Kier alpha value is -0.790. The molecule has 2 unspecified atom stereocenters. The quantitative estimate of drug-likeness (QED) is 0.0617. The molecule has 0 aliphatic carbocycles. The van der Waals surface area contributed by atoms with Crippen LogP contribution in [-0.2, 0) is 0 Å². The largest absolute Gasteiger partial charge is 0.332 e. The van der Waals surface area contributed by atoms with Crippen molar-refractivity contribution in [2.75, 3.05) is 0 Å². The number of nitrogens with zero attached hydrogens (tertiary/aromatic N) is 2. The second kappa shape index (κ2) is 38.9. The SMILES string of the molecule is CCCCCCCCCCCCCCCCCC(C)n1ccnc1C(CCCCCCCCCCC)CCCCCCCCCCCCCCC. The van der Waals surface area contributed by atoms with Gasteiger partial charge >= 0.3 is 0 Å². The zero-order chi connectivity index (χ0) is 36.7. The van der Waals surface area contributed by atoms with Crippen molar-refractivity contribution in [3.05, 3.63) is 18.2 Å². The Morgan fingerprint density at radius 2 is 0.627 bits per heavy atom. The molecule has 0 saturated carbocycles. The van der Waals surface area contributed by atoms with Gasteiger partial charge in [-0.15, -0.1) is 0 Å². The molecule has 0 saturated heterocycles. The summed E-state index contributed by atoms with van der Waals surface area (Å²) in [4.78, 5) is 5.06. The van der Waals surface area contributed by atoms with E-state index in [1.165, 1.54) is 263 Å². The minimum atomic E-state index is 0.585. The lowest BCUT2D eigenvalue weighted by Crippen LogP contribution is -2.13. The fourth-order valence-corrected chi connectivity index (χ4v) is 8.48. The van der Waals surface area contributed by atoms with Crippen LogP contribution in [0.4, 0.5) is 0 Å². The van der Waals surface area contributed by atoms with Crippen LogP contribution >= 0.6 is 0 Å². The molecule has 1 rings (SSSR count). The Morgan fingerprint density at radius 3 is 0.922 bits per heavy atom. The maximum atomic E-state index is 5.06. The summed E-state index contributed by atoms with van der Waals surface area (Å²) < 4.78 is 2.60. The molecule has 0 aliphatic heterocycles. The first-order chi connectivity index (χ1) is 25.2. The summed E-state index contributed by atoms with van der Waals surface area (Å²) in [7, 11) is 0. The van der Waals surface area contributed by atoms with E-state index in [0.29, 0.717) is 12.0 Å². The number of imidazole rings is 1. The summed E-state index contributed by atoms with van der Waals surface area (Å²) in [6, 6.07) is 0.585. The highest BCUT2D eigenvalue weighted by molar-refractivity contribution is 5.02. The van der Waals surface area contributed by atoms with Crippen LogP contribution in [0.15, 0.2) is 12.4 Å². The fraction of sp³-hybridized carbons (Fsp3) is 0.939. The van der Waals surface area contributed by atoms with Gasteiger partial charge in [0.15, 0.2) is 0 Å². The van der Waals surface area contributed by atoms with E-state index in [4.69, 9.17) is 4.98 Å². The Morgan fingerprint density at radius 1 is 0.373 bits per heavy atom. The van der Waals surface area contributed by atoms with E-state index >= 15 is 0 Å². The number of hydrogen-bond donors (Lipinski definition) is 0. The second-order valence-electron chi connectivity index (χ2n) is 17.1. The van der Waals surface area contributed by atoms with Crippen LogP contribution in [0.3, 0.4) is 0 Å². The van der Waals surface area contributed by atoms with Crippen LogP contribution in [-0.4, -0.2) is 9.55 Å². The molecule has 2 nitrogen and oxygen atoms in total. The molecule has 0 bridgehead atoms. The Kier molecular flexibility index (Phi) is 36.8. The van der Waals surface area contributed by atoms with E-state index in [2.05, 4.69) is 44.7 Å². The highest BCUT2D eigenvalue weighted by Crippen LogP contribution is 2.31. The standard InChI is InChI=1S/C49H96N2/c1-5-8-11-14-17-20-22-24-25-27-28-31-33-36-39-42-47(4)51-46-45-50-49(51)48(43-40-37-34-30-19-16-13-10-7-3)44-41-38-35-32-29-26-23-21-18-15-12-9-6-2/h45-48H,5-44H2,1-4H3. The summed E-state index contributed by atoms with van der Waals surface area (Å²) in [5.41, 5.74) is 0. The van der Waals surface area contributed by atoms with E-state index in [1.54, 1.807) is 0 Å². The summed E-state index contributed by atoms with van der Waals surface area (Å²) in [5.74, 6) is 2.07. The van der Waals surface area contributed by atoms with E-state index < -0.39 is 0 Å². The number of rotatable bonds is 42. The van der Waals surface area contributed by atoms with Gasteiger partial charge in [0, 0.05) is 24.4 Å². The van der Waals surface area contributed by atoms with Gasteiger partial charge in [-0.3, -0.25) is 0 Å². The van der Waals surface area contributed by atoms with E-state index in [1.807, 2.05) is 0 Å². The van der Waals surface area contributed by atoms with Crippen LogP contribution in [0.25, 0.3) is 0 Å². The smallest absolute Gasteiger partial charge is 0.111 e. The third-order valence-corrected chi connectivity index (χ3v) is 12.1. The Bertz CT molecular complexity index is 783. The molecule has 1 heterocycles. The fourth-order valence-electron chi connectivity index (χ4n) is 8.48. The summed E-state index contributed by atoms with van der Waals surface area (Å²) >= 11 is 0. The van der Waals surface area contributed by atoms with Gasteiger partial charge in [-0.2, -0.15) is 0 Å². The molecule has 0 N–H and O–H groups in total. The maximum Gasteiger partial charge on any atom is 0.111 e. The highest BCUT2D eigenvalue weighted by Gasteiger charge is 2.19. The van der Waals surface area contributed by atoms with Crippen molar-refractivity contribution in [1.29, 1.82) is 0 Å². The van der Waals surface area contributed by atoms with E-state index in [0.717, 1.165) is 0 Å². The van der Waals surface area contributed by atoms with Crippen LogP contribution in [0.2, 0.25) is 0 Å². The van der Waals surface area contributed by atoms with Crippen LogP contribution in [0, 0.1) is 0 Å². The zero-order valence-electron chi connectivity index (χ0n) is 36.0. The molecule has 0 spiro atoms. The zero-order valence-corrected chi connectivity index (χ0v) is 36.0. The molecule has 0 amide bonds. The molecule has 51 heavy (non-hydrogen) atoms. The molecular weight excluding hydrogens is 617 g/mol. The molecular formula is C49H96N2. The molecule has 0 fully saturated rings. The average molecular weight is 713 g/mol. The van der Waals surface area contributed by atoms with Crippen molar-refractivity contribution in [2.45, 2.75) is 296 Å². The predicted octanol–water partition coefficient (Wildman–Crippen LogP) is 18.2. The molecule has 1 aromatic rings. The number of aromatic nitrogens is 2. The van der Waals surface area contributed by atoms with Crippen LogP contribution in [0.1, 0.15) is 302 Å². The van der Waals surface area contributed by atoms with Crippen molar-refractivity contribution in [3.8, 4) is 0 Å². The van der Waals surface area contributed by atoms with Crippen molar-refractivity contribution in [3.63, 3.8) is 0 Å². The van der Waals surface area contributed by atoms with Gasteiger partial charge in [-0.1, -0.05) is 258 Å². The van der Waals surface area contributed by atoms with E-state index in [9.17, 15) is 0 Å².